The van der Waals surface area contributed by atoms with E-state index >= 15 is 0 Å². The highest BCUT2D eigenvalue weighted by Crippen LogP contribution is 2.21. The lowest BCUT2D eigenvalue weighted by Crippen LogP contribution is -2.23. The van der Waals surface area contributed by atoms with Crippen molar-refractivity contribution >= 4 is 17.3 Å². The second-order valence-electron chi connectivity index (χ2n) is 4.93. The predicted octanol–water partition coefficient (Wildman–Crippen LogP) is 1.81. The monoisotopic (exact) mass is 265 g/mol. The van der Waals surface area contributed by atoms with Gasteiger partial charge in [0, 0.05) is 6.04 Å². The van der Waals surface area contributed by atoms with Crippen LogP contribution in [0.5, 0.6) is 0 Å². The van der Waals surface area contributed by atoms with Gasteiger partial charge < -0.3 is 20.7 Å². The number of anilines is 2. The van der Waals surface area contributed by atoms with E-state index in [1.54, 1.807) is 12.1 Å². The Labute approximate surface area is 114 Å². The Bertz CT molecular complexity index is 433. The molecule has 0 bridgehead atoms. The molecule has 19 heavy (non-hydrogen) atoms. The highest BCUT2D eigenvalue weighted by molar-refractivity contribution is 5.91. The molecule has 0 heterocycles. The van der Waals surface area contributed by atoms with Gasteiger partial charge in [0.15, 0.2) is 0 Å². The lowest BCUT2D eigenvalue weighted by molar-refractivity contribution is 0.0601. The SMILES string of the molecule is COC(=O)c1ccc(NC(C)CCN(C)C)c(N)c1. The predicted molar refractivity (Wildman–Crippen MR) is 78.4 cm³/mol. The van der Waals surface area contributed by atoms with E-state index in [9.17, 15) is 4.79 Å². The summed E-state index contributed by atoms with van der Waals surface area (Å²) in [4.78, 5) is 13.5. The number of carbonyl (C=O) groups excluding carboxylic acids is 1. The van der Waals surface area contributed by atoms with E-state index in [0.29, 0.717) is 17.3 Å². The van der Waals surface area contributed by atoms with E-state index in [0.717, 1.165) is 18.7 Å². The molecule has 1 aromatic rings. The maximum atomic E-state index is 11.4. The van der Waals surface area contributed by atoms with Crippen LogP contribution in [0.1, 0.15) is 23.7 Å². The molecule has 106 valence electrons. The normalized spacial score (nSPS) is 12.3. The first-order valence-electron chi connectivity index (χ1n) is 6.33. The Morgan fingerprint density at radius 2 is 2.16 bits per heavy atom. The number of esters is 1. The number of nitrogen functional groups attached to an aromatic ring is 1. The van der Waals surface area contributed by atoms with Gasteiger partial charge in [-0.2, -0.15) is 0 Å². The van der Waals surface area contributed by atoms with Crippen LogP contribution in [0.3, 0.4) is 0 Å². The number of benzene rings is 1. The summed E-state index contributed by atoms with van der Waals surface area (Å²) in [5.41, 5.74) is 7.80. The van der Waals surface area contributed by atoms with Crippen molar-refractivity contribution in [2.45, 2.75) is 19.4 Å². The summed E-state index contributed by atoms with van der Waals surface area (Å²) in [6, 6.07) is 5.47. The average Bonchev–Trinajstić information content (AvgIpc) is 2.37. The van der Waals surface area contributed by atoms with Crippen molar-refractivity contribution in [2.75, 3.05) is 38.8 Å². The topological polar surface area (TPSA) is 67.6 Å². The summed E-state index contributed by atoms with van der Waals surface area (Å²) >= 11 is 0. The van der Waals surface area contributed by atoms with Crippen molar-refractivity contribution in [3.63, 3.8) is 0 Å². The third kappa shape index (κ3) is 4.79. The number of carbonyl (C=O) groups is 1. The summed E-state index contributed by atoms with van der Waals surface area (Å²) in [6.07, 6.45) is 1.02. The van der Waals surface area contributed by atoms with Gasteiger partial charge in [-0.15, -0.1) is 0 Å². The van der Waals surface area contributed by atoms with E-state index in [4.69, 9.17) is 5.73 Å². The van der Waals surface area contributed by atoms with Crippen LogP contribution in [0, 0.1) is 0 Å². The molecule has 0 aliphatic heterocycles. The maximum absolute atomic E-state index is 11.4. The van der Waals surface area contributed by atoms with Gasteiger partial charge >= 0.3 is 5.97 Å². The first kappa shape index (κ1) is 15.3. The number of nitrogens with two attached hydrogens (primary N) is 1. The highest BCUT2D eigenvalue weighted by Gasteiger charge is 2.10. The standard InChI is InChI=1S/C14H23N3O2/c1-10(7-8-17(2)3)16-13-6-5-11(9-12(13)15)14(18)19-4/h5-6,9-10,16H,7-8,15H2,1-4H3. The van der Waals surface area contributed by atoms with Crippen molar-refractivity contribution in [1.29, 1.82) is 0 Å². The second-order valence-corrected chi connectivity index (χ2v) is 4.93. The zero-order valence-corrected chi connectivity index (χ0v) is 12.1. The molecule has 3 N–H and O–H groups in total. The largest absolute Gasteiger partial charge is 0.465 e. The number of hydrogen-bond acceptors (Lipinski definition) is 5. The number of ether oxygens (including phenoxy) is 1. The number of nitrogens with one attached hydrogen (secondary N) is 1. The van der Waals surface area contributed by atoms with Gasteiger partial charge in [-0.05, 0) is 52.2 Å². The zero-order chi connectivity index (χ0) is 14.4. The van der Waals surface area contributed by atoms with E-state index in [1.807, 2.05) is 20.2 Å². The van der Waals surface area contributed by atoms with Crippen LogP contribution in [0.4, 0.5) is 11.4 Å². The molecule has 0 saturated heterocycles. The molecule has 0 aliphatic rings. The van der Waals surface area contributed by atoms with E-state index < -0.39 is 0 Å². The molecule has 0 amide bonds. The van der Waals surface area contributed by atoms with Gasteiger partial charge in [0.25, 0.3) is 0 Å². The summed E-state index contributed by atoms with van der Waals surface area (Å²) in [6.45, 7) is 3.12. The van der Waals surface area contributed by atoms with Crippen molar-refractivity contribution in [3.05, 3.63) is 23.8 Å². The van der Waals surface area contributed by atoms with Crippen LogP contribution in [0.2, 0.25) is 0 Å². The van der Waals surface area contributed by atoms with Crippen molar-refractivity contribution in [3.8, 4) is 0 Å². The van der Waals surface area contributed by atoms with E-state index in [1.165, 1.54) is 7.11 Å². The van der Waals surface area contributed by atoms with E-state index in [-0.39, 0.29) is 5.97 Å². The lowest BCUT2D eigenvalue weighted by atomic mass is 10.1. The Hall–Kier alpha value is -1.75. The first-order chi connectivity index (χ1) is 8.93. The number of rotatable bonds is 6. The third-order valence-corrected chi connectivity index (χ3v) is 2.88. The molecular weight excluding hydrogens is 242 g/mol. The molecule has 1 aromatic carbocycles. The summed E-state index contributed by atoms with van der Waals surface area (Å²) in [5.74, 6) is -0.376. The molecule has 0 aromatic heterocycles. The Morgan fingerprint density at radius 3 is 2.68 bits per heavy atom. The minimum Gasteiger partial charge on any atom is -0.465 e. The minimum absolute atomic E-state index is 0.314. The molecule has 1 atom stereocenters. The Kier molecular flexibility index (Phi) is 5.63. The average molecular weight is 265 g/mol. The smallest absolute Gasteiger partial charge is 0.337 e. The molecule has 0 radical (unpaired) electrons. The molecule has 0 saturated carbocycles. The molecular formula is C14H23N3O2. The number of methoxy groups -OCH3 is 1. The Morgan fingerprint density at radius 1 is 1.47 bits per heavy atom. The molecule has 0 fully saturated rings. The van der Waals surface area contributed by atoms with Crippen LogP contribution in [0.15, 0.2) is 18.2 Å². The zero-order valence-electron chi connectivity index (χ0n) is 12.1. The van der Waals surface area contributed by atoms with Crippen LogP contribution >= 0.6 is 0 Å². The first-order valence-corrected chi connectivity index (χ1v) is 6.33. The van der Waals surface area contributed by atoms with Crippen LogP contribution < -0.4 is 11.1 Å². The van der Waals surface area contributed by atoms with Gasteiger partial charge in [0.05, 0.1) is 24.0 Å². The number of nitrogens with zero attached hydrogens (tertiary/aromatic N) is 1. The van der Waals surface area contributed by atoms with Crippen molar-refractivity contribution < 1.29 is 9.53 Å². The fourth-order valence-corrected chi connectivity index (χ4v) is 1.73. The molecule has 0 spiro atoms. The molecule has 1 unspecified atom stereocenters. The third-order valence-electron chi connectivity index (χ3n) is 2.88. The lowest BCUT2D eigenvalue weighted by Gasteiger charge is -2.19. The van der Waals surface area contributed by atoms with Crippen LogP contribution in [-0.4, -0.2) is 44.7 Å². The van der Waals surface area contributed by atoms with Gasteiger partial charge in [0.2, 0.25) is 0 Å². The second kappa shape index (κ2) is 6.99. The minimum atomic E-state index is -0.376. The molecule has 1 rings (SSSR count). The Balaban J connectivity index is 2.67. The summed E-state index contributed by atoms with van der Waals surface area (Å²) < 4.78 is 4.66. The fraction of sp³-hybridized carbons (Fsp3) is 0.500. The van der Waals surface area contributed by atoms with Gasteiger partial charge in [-0.3, -0.25) is 0 Å². The van der Waals surface area contributed by atoms with Crippen LogP contribution in [-0.2, 0) is 4.74 Å². The maximum Gasteiger partial charge on any atom is 0.337 e. The molecule has 5 nitrogen and oxygen atoms in total. The van der Waals surface area contributed by atoms with Crippen molar-refractivity contribution in [1.82, 2.24) is 4.90 Å². The number of hydrogen-bond donors (Lipinski definition) is 2. The van der Waals surface area contributed by atoms with E-state index in [2.05, 4.69) is 21.9 Å². The highest BCUT2D eigenvalue weighted by atomic mass is 16.5. The van der Waals surface area contributed by atoms with Crippen molar-refractivity contribution in [2.24, 2.45) is 0 Å². The fourth-order valence-electron chi connectivity index (χ4n) is 1.73. The van der Waals surface area contributed by atoms with Gasteiger partial charge in [-0.1, -0.05) is 0 Å². The quantitative estimate of drug-likeness (QED) is 0.606. The van der Waals surface area contributed by atoms with Gasteiger partial charge in [-0.25, -0.2) is 4.79 Å². The molecule has 5 heteroatoms. The summed E-state index contributed by atoms with van der Waals surface area (Å²) in [7, 11) is 5.45. The summed E-state index contributed by atoms with van der Waals surface area (Å²) in [5, 5.41) is 3.35. The van der Waals surface area contributed by atoms with Crippen LogP contribution in [0.25, 0.3) is 0 Å². The van der Waals surface area contributed by atoms with Gasteiger partial charge in [0.1, 0.15) is 0 Å². The molecule has 0 aliphatic carbocycles.